The summed E-state index contributed by atoms with van der Waals surface area (Å²) in [6.45, 7) is 25.9. The average molecular weight is 788 g/mol. The summed E-state index contributed by atoms with van der Waals surface area (Å²) < 4.78 is 51.6. The lowest BCUT2D eigenvalue weighted by atomic mass is 9.86. The van der Waals surface area contributed by atoms with Crippen molar-refractivity contribution in [3.63, 3.8) is 0 Å². The minimum Gasteiger partial charge on any atom is -0.308 e. The molecule has 3 nitrogen and oxygen atoms in total. The van der Waals surface area contributed by atoms with E-state index in [0.717, 1.165) is 78.0 Å². The molecule has 300 valence electrons. The van der Waals surface area contributed by atoms with Gasteiger partial charge in [0.25, 0.3) is 0 Å². The molecule has 0 unspecified atom stereocenters. The Morgan fingerprint density at radius 2 is 0.729 bits per heavy atom. The van der Waals surface area contributed by atoms with Gasteiger partial charge in [0.05, 0.1) is 39.0 Å². The molecule has 0 saturated heterocycles. The number of hydrogen-bond acceptors (Lipinski definition) is 1. The molecule has 0 bridgehead atoms. The van der Waals surface area contributed by atoms with E-state index >= 15 is 13.2 Å². The van der Waals surface area contributed by atoms with E-state index in [0.29, 0.717) is 16.9 Å². The molecule has 2 heterocycles. The van der Waals surface area contributed by atoms with Gasteiger partial charge in [0, 0.05) is 21.5 Å². The Bertz CT molecular complexity index is 2750. The second-order valence-corrected chi connectivity index (χ2v) is 20.3. The van der Waals surface area contributed by atoms with Gasteiger partial charge in [0.1, 0.15) is 17.4 Å². The average Bonchev–Trinajstić information content (AvgIpc) is 3.66. The van der Waals surface area contributed by atoms with Crippen LogP contribution in [0.15, 0.2) is 97.1 Å². The Kier molecular flexibility index (Phi) is 9.06. The summed E-state index contributed by atoms with van der Waals surface area (Å²) in [7, 11) is 0. The van der Waals surface area contributed by atoms with Crippen molar-refractivity contribution in [2.75, 3.05) is 0 Å². The van der Waals surface area contributed by atoms with Crippen molar-refractivity contribution in [3.05, 3.63) is 142 Å². The minimum absolute atomic E-state index is 0.117. The largest absolute Gasteiger partial charge is 0.308 e. The molecule has 0 radical (unpaired) electrons. The molecule has 8 aromatic rings. The Balaban J connectivity index is 1.63. The van der Waals surface area contributed by atoms with Crippen molar-refractivity contribution in [3.8, 4) is 28.6 Å². The lowest BCUT2D eigenvalue weighted by Gasteiger charge is -2.23. The summed E-state index contributed by atoms with van der Waals surface area (Å²) in [6, 6.07) is 33.4. The van der Waals surface area contributed by atoms with Gasteiger partial charge in [-0.3, -0.25) is 0 Å². The lowest BCUT2D eigenvalue weighted by Crippen LogP contribution is -2.12. The molecule has 0 spiro atoms. The zero-order chi connectivity index (χ0) is 42.7. The highest BCUT2D eigenvalue weighted by molar-refractivity contribution is 6.12. The first-order chi connectivity index (χ1) is 27.5. The predicted octanol–water partition coefficient (Wildman–Crippen LogP) is 15.0. The van der Waals surface area contributed by atoms with E-state index < -0.39 is 23.0 Å². The number of rotatable bonds is 3. The topological polar surface area (TPSA) is 33.6 Å². The molecule has 59 heavy (non-hydrogen) atoms. The van der Waals surface area contributed by atoms with Gasteiger partial charge in [-0.05, 0) is 98.0 Å². The molecule has 8 rings (SSSR count). The van der Waals surface area contributed by atoms with Crippen molar-refractivity contribution >= 4 is 43.6 Å². The van der Waals surface area contributed by atoms with Crippen molar-refractivity contribution in [1.82, 2.24) is 9.13 Å². The third-order valence-corrected chi connectivity index (χ3v) is 12.0. The fourth-order valence-corrected chi connectivity index (χ4v) is 8.44. The van der Waals surface area contributed by atoms with Gasteiger partial charge in [-0.1, -0.05) is 132 Å². The van der Waals surface area contributed by atoms with Gasteiger partial charge in [-0.2, -0.15) is 5.26 Å². The Hall–Kier alpha value is -5.80. The third-order valence-electron chi connectivity index (χ3n) is 12.0. The first-order valence-electron chi connectivity index (χ1n) is 20.4. The Morgan fingerprint density at radius 3 is 1.02 bits per heavy atom. The van der Waals surface area contributed by atoms with Crippen LogP contribution < -0.4 is 0 Å². The smallest absolute Gasteiger partial charge is 0.169 e. The summed E-state index contributed by atoms with van der Waals surface area (Å²) in [5.41, 5.74) is 7.77. The second kappa shape index (κ2) is 13.4. The third kappa shape index (κ3) is 6.60. The first-order valence-corrected chi connectivity index (χ1v) is 20.4. The molecule has 2 aromatic heterocycles. The molecular formula is C53H52F3N3. The number of nitriles is 1. The normalized spacial score (nSPS) is 13.0. The number of nitrogens with zero attached hydrogens (tertiary/aromatic N) is 3. The van der Waals surface area contributed by atoms with Gasteiger partial charge in [-0.15, -0.1) is 0 Å². The van der Waals surface area contributed by atoms with Crippen LogP contribution in [0.2, 0.25) is 0 Å². The van der Waals surface area contributed by atoms with Gasteiger partial charge in [0.2, 0.25) is 0 Å². The molecular weight excluding hydrogens is 736 g/mol. The van der Waals surface area contributed by atoms with Crippen molar-refractivity contribution < 1.29 is 13.2 Å². The van der Waals surface area contributed by atoms with Crippen LogP contribution in [-0.4, -0.2) is 9.13 Å². The standard InChI is InChI=1S/C53H52F3N3/c1-50(2,3)31-13-17-35-36-18-14-32(51(4,5)6)26-45(36)58(44(35)25-31)42-23-30(48-40(54)21-22-41(55)49(48)56)24-43(39(42)29-57)59-46-27-33(52(7,8)9)15-19-37(46)38-20-16-34(28-47(38)59)53(10,11)12/h13-28H,1-12H3. The molecule has 0 amide bonds. The zero-order valence-electron chi connectivity index (χ0n) is 36.2. The van der Waals surface area contributed by atoms with Crippen LogP contribution in [0, 0.1) is 28.8 Å². The maximum absolute atomic E-state index is 16.1. The molecule has 6 heteroatoms. The van der Waals surface area contributed by atoms with Crippen molar-refractivity contribution in [1.29, 1.82) is 5.26 Å². The highest BCUT2D eigenvalue weighted by Crippen LogP contribution is 2.44. The SMILES string of the molecule is CC(C)(C)c1ccc2c3ccc(C(C)(C)C)cc3n(-c3cc(-c4c(F)ccc(F)c4F)cc(-n4c5cc(C(C)(C)C)ccc5c5ccc(C(C)(C)C)cc54)c3C#N)c2c1. The summed E-state index contributed by atoms with van der Waals surface area (Å²) >= 11 is 0. The molecule has 0 fully saturated rings. The highest BCUT2D eigenvalue weighted by Gasteiger charge is 2.28. The van der Waals surface area contributed by atoms with Gasteiger partial charge < -0.3 is 9.13 Å². The van der Waals surface area contributed by atoms with E-state index in [4.69, 9.17) is 0 Å². The van der Waals surface area contributed by atoms with E-state index in [1.807, 2.05) is 0 Å². The highest BCUT2D eigenvalue weighted by atomic mass is 19.2. The Morgan fingerprint density at radius 1 is 0.424 bits per heavy atom. The number of benzene rings is 6. The van der Waals surface area contributed by atoms with Crippen LogP contribution in [0.5, 0.6) is 0 Å². The molecule has 0 atom stereocenters. The molecule has 0 aliphatic heterocycles. The quantitative estimate of drug-likeness (QED) is 0.164. The first kappa shape index (κ1) is 40.0. The molecule has 6 aromatic carbocycles. The van der Waals surface area contributed by atoms with E-state index in [-0.39, 0.29) is 27.2 Å². The van der Waals surface area contributed by atoms with E-state index in [1.165, 1.54) is 0 Å². The summed E-state index contributed by atoms with van der Waals surface area (Å²) in [5, 5.41) is 15.5. The van der Waals surface area contributed by atoms with E-state index in [1.54, 1.807) is 12.1 Å². The summed E-state index contributed by atoms with van der Waals surface area (Å²) in [6.07, 6.45) is 0. The fourth-order valence-electron chi connectivity index (χ4n) is 8.44. The second-order valence-electron chi connectivity index (χ2n) is 20.3. The maximum atomic E-state index is 16.1. The molecule has 0 N–H and O–H groups in total. The van der Waals surface area contributed by atoms with Crippen LogP contribution in [0.4, 0.5) is 13.2 Å². The zero-order valence-corrected chi connectivity index (χ0v) is 36.2. The minimum atomic E-state index is -1.29. The number of hydrogen-bond donors (Lipinski definition) is 0. The predicted molar refractivity (Wildman–Crippen MR) is 240 cm³/mol. The number of aromatic nitrogens is 2. The molecule has 0 aliphatic rings. The number of fused-ring (bicyclic) bond motifs is 6. The van der Waals surface area contributed by atoms with Crippen molar-refractivity contribution in [2.24, 2.45) is 0 Å². The summed E-state index contributed by atoms with van der Waals surface area (Å²) in [5.74, 6) is -3.34. The summed E-state index contributed by atoms with van der Waals surface area (Å²) in [4.78, 5) is 0. The van der Waals surface area contributed by atoms with Gasteiger partial charge in [0.15, 0.2) is 11.6 Å². The number of halogens is 3. The van der Waals surface area contributed by atoms with Gasteiger partial charge >= 0.3 is 0 Å². The molecule has 0 saturated carbocycles. The van der Waals surface area contributed by atoms with Crippen LogP contribution >= 0.6 is 0 Å². The van der Waals surface area contributed by atoms with Gasteiger partial charge in [-0.25, -0.2) is 13.2 Å². The fraction of sp³-hybridized carbons (Fsp3) is 0.302. The van der Waals surface area contributed by atoms with E-state index in [2.05, 4.69) is 171 Å². The monoisotopic (exact) mass is 787 g/mol. The van der Waals surface area contributed by atoms with Crippen LogP contribution in [0.3, 0.4) is 0 Å². The van der Waals surface area contributed by atoms with E-state index in [9.17, 15) is 5.26 Å². The Labute approximate surface area is 345 Å². The van der Waals surface area contributed by atoms with Crippen molar-refractivity contribution in [2.45, 2.75) is 105 Å². The van der Waals surface area contributed by atoms with Crippen LogP contribution in [0.25, 0.3) is 66.1 Å². The van der Waals surface area contributed by atoms with Crippen LogP contribution in [-0.2, 0) is 21.7 Å². The maximum Gasteiger partial charge on any atom is 0.169 e. The molecule has 0 aliphatic carbocycles. The lowest BCUT2D eigenvalue weighted by molar-refractivity contribution is 0.499. The van der Waals surface area contributed by atoms with Crippen LogP contribution in [0.1, 0.15) is 111 Å².